The number of hydrogen-bond acceptors (Lipinski definition) is 12. The molecule has 1 aliphatic carbocycles. The van der Waals surface area contributed by atoms with Crippen LogP contribution < -0.4 is 38.5 Å². The Labute approximate surface area is 328 Å². The molecule has 0 unspecified atom stereocenters. The van der Waals surface area contributed by atoms with E-state index in [4.69, 9.17) is 17.2 Å². The normalized spacial score (nSPS) is 17.2. The molecule has 13 N–H and O–H groups in total. The van der Waals surface area contributed by atoms with E-state index in [2.05, 4.69) is 26.3 Å². The summed E-state index contributed by atoms with van der Waals surface area (Å²) in [7, 11) is 0. The van der Waals surface area contributed by atoms with E-state index in [0.29, 0.717) is 19.3 Å². The Morgan fingerprint density at radius 1 is 0.895 bits per heavy atom. The molecule has 1 heterocycles. The number of benzene rings is 2. The number of carbonyl (C=O) groups is 7. The van der Waals surface area contributed by atoms with Crippen molar-refractivity contribution in [3.05, 3.63) is 58.7 Å². The number of nitrogens with zero attached hydrogens (tertiary/aromatic N) is 2. The first-order valence-corrected chi connectivity index (χ1v) is 18.7. The number of aliphatic carboxylic acids is 1. The summed E-state index contributed by atoms with van der Waals surface area (Å²) in [6, 6.07) is 3.01. The lowest BCUT2D eigenvalue weighted by Gasteiger charge is -2.31. The zero-order chi connectivity index (χ0) is 42.0. The third-order valence-electron chi connectivity index (χ3n) is 9.78. The number of unbranched alkanes of at least 4 members (excludes halogenated alkanes) is 1. The summed E-state index contributed by atoms with van der Waals surface area (Å²) in [6.07, 6.45) is 0.286. The summed E-state index contributed by atoms with van der Waals surface area (Å²) in [5.74, 6) is -5.63. The van der Waals surface area contributed by atoms with Crippen LogP contribution in [0.4, 0.5) is 5.69 Å². The van der Waals surface area contributed by atoms with E-state index in [-0.39, 0.29) is 85.1 Å². The Balaban J connectivity index is 1.58. The predicted octanol–water partition coefficient (Wildman–Crippen LogP) is -0.939. The second-order valence-corrected chi connectivity index (χ2v) is 14.1. The van der Waals surface area contributed by atoms with Crippen molar-refractivity contribution in [3.8, 4) is 5.75 Å². The number of hydrogen-bond donors (Lipinski definition) is 10. The van der Waals surface area contributed by atoms with Gasteiger partial charge in [0.05, 0.1) is 23.3 Å². The molecule has 1 aliphatic heterocycles. The zero-order valence-corrected chi connectivity index (χ0v) is 31.8. The van der Waals surface area contributed by atoms with Gasteiger partial charge in [0, 0.05) is 36.4 Å². The first-order chi connectivity index (χ1) is 27.0. The van der Waals surface area contributed by atoms with E-state index in [1.165, 1.54) is 43.0 Å². The fourth-order valence-corrected chi connectivity index (χ4v) is 6.80. The predicted molar refractivity (Wildman–Crippen MR) is 207 cm³/mol. The second-order valence-electron chi connectivity index (χ2n) is 14.1. The molecule has 0 spiro atoms. The van der Waals surface area contributed by atoms with Crippen molar-refractivity contribution in [3.63, 3.8) is 0 Å². The molecular formula is C38H51N9O10. The highest BCUT2D eigenvalue weighted by atomic mass is 16.4. The molecule has 6 atom stereocenters. The van der Waals surface area contributed by atoms with Crippen molar-refractivity contribution in [2.45, 2.75) is 95.1 Å². The maximum atomic E-state index is 14.4. The van der Waals surface area contributed by atoms with Gasteiger partial charge in [-0.15, -0.1) is 0 Å². The SMILES string of the molecule is C[C@H](N)C(=O)NCCCC[C@H](NC(=O)[C@@H]1CCCN1C(=O)[C@H](CCCN=C(N)N)Nc1ccc(O)c2c1C(=O)c1ccccc1C2=O)C(=O)N[C@H](C(=O)O)[C@@H](C)O. The number of carboxylic acid groups (broad SMARTS) is 1. The van der Waals surface area contributed by atoms with Crippen LogP contribution in [0.5, 0.6) is 5.75 Å². The van der Waals surface area contributed by atoms with Crippen LogP contribution in [0.15, 0.2) is 41.4 Å². The Bertz CT molecular complexity index is 1900. The molecule has 308 valence electrons. The van der Waals surface area contributed by atoms with Crippen LogP contribution in [0, 0.1) is 0 Å². The Hall–Kier alpha value is -6.08. The van der Waals surface area contributed by atoms with Crippen molar-refractivity contribution in [2.75, 3.05) is 25.0 Å². The van der Waals surface area contributed by atoms with E-state index < -0.39 is 77.3 Å². The summed E-state index contributed by atoms with van der Waals surface area (Å²) >= 11 is 0. The van der Waals surface area contributed by atoms with Gasteiger partial charge in [0.25, 0.3) is 0 Å². The Morgan fingerprint density at radius 3 is 2.16 bits per heavy atom. The number of nitrogens with two attached hydrogens (primary N) is 3. The highest BCUT2D eigenvalue weighted by Crippen LogP contribution is 2.37. The van der Waals surface area contributed by atoms with E-state index in [1.54, 1.807) is 12.1 Å². The van der Waals surface area contributed by atoms with Crippen LogP contribution in [-0.4, -0.2) is 123 Å². The van der Waals surface area contributed by atoms with Crippen molar-refractivity contribution < 1.29 is 48.9 Å². The minimum absolute atomic E-state index is 0.0231. The van der Waals surface area contributed by atoms with Gasteiger partial charge in [0.15, 0.2) is 23.6 Å². The molecule has 0 radical (unpaired) electrons. The first-order valence-electron chi connectivity index (χ1n) is 18.7. The number of anilines is 1. The summed E-state index contributed by atoms with van der Waals surface area (Å²) in [5.41, 5.74) is 16.6. The van der Waals surface area contributed by atoms with Gasteiger partial charge in [-0.1, -0.05) is 24.3 Å². The van der Waals surface area contributed by atoms with Crippen LogP contribution in [-0.2, 0) is 24.0 Å². The number of rotatable bonds is 19. The average Bonchev–Trinajstić information content (AvgIpc) is 3.66. The second kappa shape index (κ2) is 19.7. The third kappa shape index (κ3) is 10.8. The van der Waals surface area contributed by atoms with Crippen molar-refractivity contribution >= 4 is 52.8 Å². The van der Waals surface area contributed by atoms with E-state index in [0.717, 1.165) is 0 Å². The average molecular weight is 794 g/mol. The van der Waals surface area contributed by atoms with Crippen molar-refractivity contribution in [1.82, 2.24) is 20.9 Å². The molecule has 2 aromatic carbocycles. The number of aliphatic hydroxyl groups is 1. The largest absolute Gasteiger partial charge is 0.507 e. The number of amides is 4. The number of phenols is 1. The quantitative estimate of drug-likeness (QED) is 0.0303. The van der Waals surface area contributed by atoms with Gasteiger partial charge in [-0.2, -0.15) is 0 Å². The molecule has 57 heavy (non-hydrogen) atoms. The Kier molecular flexibility index (Phi) is 15.1. The Morgan fingerprint density at radius 2 is 1.54 bits per heavy atom. The van der Waals surface area contributed by atoms with E-state index >= 15 is 0 Å². The number of phenolic OH excluding ortho intramolecular Hbond substituents is 1. The number of fused-ring (bicyclic) bond motifs is 2. The molecule has 19 heteroatoms. The molecule has 19 nitrogen and oxygen atoms in total. The highest BCUT2D eigenvalue weighted by Gasteiger charge is 2.40. The summed E-state index contributed by atoms with van der Waals surface area (Å²) < 4.78 is 0. The number of ketones is 2. The van der Waals surface area contributed by atoms with Crippen molar-refractivity contribution in [2.24, 2.45) is 22.2 Å². The molecule has 1 fully saturated rings. The van der Waals surface area contributed by atoms with E-state index in [9.17, 15) is 48.9 Å². The molecule has 4 rings (SSSR count). The van der Waals surface area contributed by atoms with Crippen LogP contribution in [0.3, 0.4) is 0 Å². The smallest absolute Gasteiger partial charge is 0.328 e. The minimum atomic E-state index is -1.67. The van der Waals surface area contributed by atoms with Crippen LogP contribution in [0.2, 0.25) is 0 Å². The molecule has 2 aliphatic rings. The molecular weight excluding hydrogens is 742 g/mol. The van der Waals surface area contributed by atoms with Crippen LogP contribution in [0.25, 0.3) is 0 Å². The molecule has 0 saturated carbocycles. The molecule has 0 aromatic heterocycles. The highest BCUT2D eigenvalue weighted by molar-refractivity contribution is 6.31. The monoisotopic (exact) mass is 793 g/mol. The number of nitrogens with one attached hydrogen (secondary N) is 4. The lowest BCUT2D eigenvalue weighted by Crippen LogP contribution is -2.57. The number of carboxylic acids is 1. The third-order valence-corrected chi connectivity index (χ3v) is 9.78. The topological polar surface area (TPSA) is 322 Å². The lowest BCUT2D eigenvalue weighted by atomic mass is 9.82. The van der Waals surface area contributed by atoms with Gasteiger partial charge in [-0.05, 0) is 70.9 Å². The van der Waals surface area contributed by atoms with Gasteiger partial charge in [-0.3, -0.25) is 33.8 Å². The molecule has 2 aromatic rings. The van der Waals surface area contributed by atoms with Gasteiger partial charge in [0.2, 0.25) is 23.6 Å². The lowest BCUT2D eigenvalue weighted by molar-refractivity contribution is -0.145. The molecule has 1 saturated heterocycles. The van der Waals surface area contributed by atoms with Crippen molar-refractivity contribution in [1.29, 1.82) is 0 Å². The maximum absolute atomic E-state index is 14.4. The van der Waals surface area contributed by atoms with Gasteiger partial charge in [0.1, 0.15) is 23.9 Å². The van der Waals surface area contributed by atoms with Crippen LogP contribution in [0.1, 0.15) is 90.6 Å². The zero-order valence-electron chi connectivity index (χ0n) is 31.8. The van der Waals surface area contributed by atoms with E-state index in [1.807, 2.05) is 0 Å². The fourth-order valence-electron chi connectivity index (χ4n) is 6.80. The number of aromatic hydroxyl groups is 1. The van der Waals surface area contributed by atoms with Gasteiger partial charge >= 0.3 is 5.97 Å². The number of aliphatic hydroxyl groups excluding tert-OH is 1. The maximum Gasteiger partial charge on any atom is 0.328 e. The minimum Gasteiger partial charge on any atom is -0.507 e. The summed E-state index contributed by atoms with van der Waals surface area (Å²) in [4.78, 5) is 97.9. The number of carbonyl (C=O) groups excluding carboxylic acids is 6. The standard InChI is InChI=1S/C38H51N9O10/c1-19(39)33(52)42-16-6-5-11-24(34(53)46-30(20(2)48)37(56)57)45-35(54)26-13-8-18-47(26)36(55)25(12-7-17-43-38(40)41)44-23-14-15-27(49)29-28(23)31(50)21-9-3-4-10-22(21)32(29)51/h3-4,9-10,14-15,19-20,24-26,30,44,48-49H,5-8,11-13,16-18,39H2,1-2H3,(H,42,52)(H,45,54)(H,46,53)(H,56,57)(H4,40,41,43)/t19-,20+,24-,25-,26-,30-/m0/s1. The molecule has 0 bridgehead atoms. The number of aliphatic imine (C=N–C) groups is 1. The number of likely N-dealkylation sites (tertiary alicyclic amines) is 1. The molecule has 4 amide bonds. The fraction of sp³-hybridized carbons (Fsp3) is 0.474. The van der Waals surface area contributed by atoms with Gasteiger partial charge < -0.3 is 58.7 Å². The first kappa shape index (κ1) is 43.6. The summed E-state index contributed by atoms with van der Waals surface area (Å²) in [6.45, 7) is 3.24. The summed E-state index contributed by atoms with van der Waals surface area (Å²) in [5, 5.41) is 40.9. The van der Waals surface area contributed by atoms with Crippen LogP contribution >= 0.6 is 0 Å². The van der Waals surface area contributed by atoms with Gasteiger partial charge in [-0.25, -0.2) is 4.79 Å². The number of guanidine groups is 1.